The molecular weight excluding hydrogens is 233 g/mol. The van der Waals surface area contributed by atoms with Crippen LogP contribution in [0.25, 0.3) is 0 Å². The van der Waals surface area contributed by atoms with Crippen molar-refractivity contribution in [2.45, 2.75) is 18.9 Å². The quantitative estimate of drug-likeness (QED) is 0.832. The summed E-state index contributed by atoms with van der Waals surface area (Å²) < 4.78 is 39.1. The number of amides is 1. The van der Waals surface area contributed by atoms with Gasteiger partial charge in [0.15, 0.2) is 11.6 Å². The maximum atomic E-state index is 13.2. The van der Waals surface area contributed by atoms with Crippen LogP contribution in [0, 0.1) is 17.5 Å². The minimum absolute atomic E-state index is 0.446. The molecule has 1 amide bonds. The second kappa shape index (κ2) is 4.75. The number of rotatable bonds is 2. The first-order chi connectivity index (χ1) is 8.08. The molecule has 1 saturated heterocycles. The standard InChI is InChI=1S/C11H11F3N2O/c12-6-4-7(13)10(8(14)5-6)16-11(17)9-2-1-3-15-9/h4-5,9,15H,1-3H2,(H,16,17). The van der Waals surface area contributed by atoms with Crippen molar-refractivity contribution in [3.63, 3.8) is 0 Å². The molecule has 1 aliphatic rings. The normalized spacial score (nSPS) is 19.4. The average molecular weight is 244 g/mol. The van der Waals surface area contributed by atoms with Gasteiger partial charge >= 0.3 is 0 Å². The van der Waals surface area contributed by atoms with Gasteiger partial charge in [-0.25, -0.2) is 13.2 Å². The molecule has 0 aliphatic carbocycles. The van der Waals surface area contributed by atoms with Crippen molar-refractivity contribution in [2.75, 3.05) is 11.9 Å². The average Bonchev–Trinajstić information content (AvgIpc) is 2.76. The predicted molar refractivity (Wildman–Crippen MR) is 56.0 cm³/mol. The smallest absolute Gasteiger partial charge is 0.241 e. The molecule has 1 aromatic rings. The molecule has 2 N–H and O–H groups in total. The lowest BCUT2D eigenvalue weighted by Gasteiger charge is -2.12. The van der Waals surface area contributed by atoms with Crippen LogP contribution in [0.15, 0.2) is 12.1 Å². The number of carbonyl (C=O) groups is 1. The summed E-state index contributed by atoms with van der Waals surface area (Å²) >= 11 is 0. The SMILES string of the molecule is O=C(Nc1c(F)cc(F)cc1F)C1CCCN1. The van der Waals surface area contributed by atoms with E-state index in [1.165, 1.54) is 0 Å². The molecular formula is C11H11F3N2O. The highest BCUT2D eigenvalue weighted by Gasteiger charge is 2.24. The number of nitrogens with one attached hydrogen (secondary N) is 2. The van der Waals surface area contributed by atoms with E-state index in [4.69, 9.17) is 0 Å². The van der Waals surface area contributed by atoms with E-state index in [9.17, 15) is 18.0 Å². The summed E-state index contributed by atoms with van der Waals surface area (Å²) in [6.45, 7) is 0.701. The Labute approximate surface area is 96.0 Å². The van der Waals surface area contributed by atoms with Gasteiger partial charge in [-0.05, 0) is 19.4 Å². The van der Waals surface area contributed by atoms with E-state index < -0.39 is 35.1 Å². The highest BCUT2D eigenvalue weighted by Crippen LogP contribution is 2.21. The summed E-state index contributed by atoms with van der Waals surface area (Å²) in [6.07, 6.45) is 1.46. The van der Waals surface area contributed by atoms with Crippen LogP contribution < -0.4 is 10.6 Å². The molecule has 1 fully saturated rings. The maximum absolute atomic E-state index is 13.2. The zero-order valence-electron chi connectivity index (χ0n) is 8.90. The van der Waals surface area contributed by atoms with Gasteiger partial charge in [0, 0.05) is 12.1 Å². The van der Waals surface area contributed by atoms with Gasteiger partial charge in [-0.15, -0.1) is 0 Å². The van der Waals surface area contributed by atoms with Crippen LogP contribution in [0.2, 0.25) is 0 Å². The molecule has 17 heavy (non-hydrogen) atoms. The monoisotopic (exact) mass is 244 g/mol. The van der Waals surface area contributed by atoms with Gasteiger partial charge in [0.2, 0.25) is 5.91 Å². The molecule has 2 rings (SSSR count). The van der Waals surface area contributed by atoms with Gasteiger partial charge in [0.05, 0.1) is 6.04 Å². The van der Waals surface area contributed by atoms with Crippen LogP contribution in [0.1, 0.15) is 12.8 Å². The van der Waals surface area contributed by atoms with Gasteiger partial charge in [0.25, 0.3) is 0 Å². The van der Waals surface area contributed by atoms with Crippen LogP contribution >= 0.6 is 0 Å². The second-order valence-corrected chi connectivity index (χ2v) is 3.88. The fourth-order valence-corrected chi connectivity index (χ4v) is 1.78. The largest absolute Gasteiger partial charge is 0.320 e. The van der Waals surface area contributed by atoms with Gasteiger partial charge in [0.1, 0.15) is 11.5 Å². The summed E-state index contributed by atoms with van der Waals surface area (Å²) in [5.41, 5.74) is -0.606. The summed E-state index contributed by atoms with van der Waals surface area (Å²) in [6, 6.07) is 0.612. The molecule has 1 heterocycles. The molecule has 0 radical (unpaired) electrons. The lowest BCUT2D eigenvalue weighted by molar-refractivity contribution is -0.117. The van der Waals surface area contributed by atoms with E-state index in [-0.39, 0.29) is 0 Å². The Morgan fingerprint density at radius 3 is 2.47 bits per heavy atom. The molecule has 0 spiro atoms. The molecule has 1 aromatic carbocycles. The van der Waals surface area contributed by atoms with E-state index in [0.29, 0.717) is 25.1 Å². The molecule has 6 heteroatoms. The Balaban J connectivity index is 2.15. The second-order valence-electron chi connectivity index (χ2n) is 3.88. The summed E-state index contributed by atoms with van der Waals surface area (Å²) in [5.74, 6) is -3.76. The molecule has 92 valence electrons. The van der Waals surface area contributed by atoms with Gasteiger partial charge in [-0.3, -0.25) is 4.79 Å². The zero-order chi connectivity index (χ0) is 12.4. The predicted octanol–water partition coefficient (Wildman–Crippen LogP) is 1.79. The van der Waals surface area contributed by atoms with Crippen molar-refractivity contribution >= 4 is 11.6 Å². The van der Waals surface area contributed by atoms with Crippen molar-refractivity contribution in [1.82, 2.24) is 5.32 Å². The highest BCUT2D eigenvalue weighted by molar-refractivity contribution is 5.95. The Morgan fingerprint density at radius 1 is 1.29 bits per heavy atom. The van der Waals surface area contributed by atoms with Crippen molar-refractivity contribution in [3.05, 3.63) is 29.6 Å². The van der Waals surface area contributed by atoms with Crippen LogP contribution in [0.5, 0.6) is 0 Å². The molecule has 0 saturated carbocycles. The number of halogens is 3. The van der Waals surface area contributed by atoms with E-state index in [1.54, 1.807) is 0 Å². The summed E-state index contributed by atoms with van der Waals surface area (Å²) in [7, 11) is 0. The molecule has 1 aliphatic heterocycles. The number of hydrogen-bond acceptors (Lipinski definition) is 2. The van der Waals surface area contributed by atoms with Crippen molar-refractivity contribution in [1.29, 1.82) is 0 Å². The topological polar surface area (TPSA) is 41.1 Å². The van der Waals surface area contributed by atoms with Crippen LogP contribution in [0.3, 0.4) is 0 Å². The van der Waals surface area contributed by atoms with Gasteiger partial charge in [-0.1, -0.05) is 0 Å². The first kappa shape index (κ1) is 11.9. The first-order valence-corrected chi connectivity index (χ1v) is 5.26. The molecule has 0 bridgehead atoms. The third kappa shape index (κ3) is 2.58. The number of anilines is 1. The Hall–Kier alpha value is -1.56. The zero-order valence-corrected chi connectivity index (χ0v) is 8.90. The third-order valence-electron chi connectivity index (χ3n) is 2.63. The van der Waals surface area contributed by atoms with Crippen molar-refractivity contribution < 1.29 is 18.0 Å². The van der Waals surface area contributed by atoms with E-state index in [2.05, 4.69) is 10.6 Å². The fourth-order valence-electron chi connectivity index (χ4n) is 1.78. The van der Waals surface area contributed by atoms with E-state index in [0.717, 1.165) is 6.42 Å². The van der Waals surface area contributed by atoms with Crippen molar-refractivity contribution in [3.8, 4) is 0 Å². The minimum atomic E-state index is -1.12. The molecule has 1 atom stereocenters. The van der Waals surface area contributed by atoms with Crippen LogP contribution in [-0.4, -0.2) is 18.5 Å². The lowest BCUT2D eigenvalue weighted by atomic mass is 10.2. The number of hydrogen-bond donors (Lipinski definition) is 2. The van der Waals surface area contributed by atoms with Crippen LogP contribution in [-0.2, 0) is 4.79 Å². The van der Waals surface area contributed by atoms with Crippen molar-refractivity contribution in [2.24, 2.45) is 0 Å². The third-order valence-corrected chi connectivity index (χ3v) is 2.63. The van der Waals surface area contributed by atoms with E-state index in [1.807, 2.05) is 0 Å². The fraction of sp³-hybridized carbons (Fsp3) is 0.364. The molecule has 1 unspecified atom stereocenters. The minimum Gasteiger partial charge on any atom is -0.320 e. The Morgan fingerprint density at radius 2 is 1.94 bits per heavy atom. The summed E-state index contributed by atoms with van der Waals surface area (Å²) in [4.78, 5) is 11.6. The Kier molecular flexibility index (Phi) is 3.33. The maximum Gasteiger partial charge on any atom is 0.241 e. The van der Waals surface area contributed by atoms with E-state index >= 15 is 0 Å². The lowest BCUT2D eigenvalue weighted by Crippen LogP contribution is -2.36. The first-order valence-electron chi connectivity index (χ1n) is 5.26. The number of benzene rings is 1. The van der Waals surface area contributed by atoms with Gasteiger partial charge in [-0.2, -0.15) is 0 Å². The Bertz CT molecular complexity index is 421. The number of carbonyl (C=O) groups excluding carboxylic acids is 1. The highest BCUT2D eigenvalue weighted by atomic mass is 19.1. The van der Waals surface area contributed by atoms with Crippen LogP contribution in [0.4, 0.5) is 18.9 Å². The summed E-state index contributed by atoms with van der Waals surface area (Å²) in [5, 5.41) is 5.03. The molecule has 0 aromatic heterocycles. The molecule has 3 nitrogen and oxygen atoms in total. The van der Waals surface area contributed by atoms with Gasteiger partial charge < -0.3 is 10.6 Å².